The number of rotatable bonds is 5. The van der Waals surface area contributed by atoms with E-state index in [4.69, 9.17) is 4.74 Å². The number of carbonyl (C=O) groups is 1. The maximum atomic E-state index is 12.7. The summed E-state index contributed by atoms with van der Waals surface area (Å²) in [6.07, 6.45) is 7.66. The number of hydrogen-bond acceptors (Lipinski definition) is 7. The Morgan fingerprint density at radius 1 is 1.24 bits per heavy atom. The molecule has 4 heterocycles. The van der Waals surface area contributed by atoms with Gasteiger partial charge in [-0.2, -0.15) is 0 Å². The maximum Gasteiger partial charge on any atom is 0.255 e. The number of nitrogens with zero attached hydrogens (tertiary/aromatic N) is 5. The number of aromatic nitrogens is 4. The first-order valence-corrected chi connectivity index (χ1v) is 9.44. The van der Waals surface area contributed by atoms with E-state index in [0.717, 1.165) is 29.9 Å². The third-order valence-electron chi connectivity index (χ3n) is 4.88. The monoisotopic (exact) mass is 390 g/mol. The van der Waals surface area contributed by atoms with Gasteiger partial charge in [0.25, 0.3) is 5.91 Å². The average molecular weight is 390 g/mol. The summed E-state index contributed by atoms with van der Waals surface area (Å²) in [6.45, 7) is 3.27. The summed E-state index contributed by atoms with van der Waals surface area (Å²) in [5.41, 5.74) is 3.03. The first-order chi connectivity index (χ1) is 14.1. The molecule has 1 aliphatic rings. The Bertz CT molecular complexity index is 1010. The summed E-state index contributed by atoms with van der Waals surface area (Å²) < 4.78 is 5.27. The molecule has 3 aromatic heterocycles. The Morgan fingerprint density at radius 2 is 2.14 bits per heavy atom. The van der Waals surface area contributed by atoms with Gasteiger partial charge < -0.3 is 15.0 Å². The van der Waals surface area contributed by atoms with E-state index in [1.807, 2.05) is 25.1 Å². The van der Waals surface area contributed by atoms with Gasteiger partial charge in [-0.1, -0.05) is 0 Å². The Morgan fingerprint density at radius 3 is 2.93 bits per heavy atom. The van der Waals surface area contributed by atoms with Crippen LogP contribution in [0.4, 0.5) is 5.95 Å². The highest BCUT2D eigenvalue weighted by Crippen LogP contribution is 2.22. The molecule has 1 unspecified atom stereocenters. The van der Waals surface area contributed by atoms with Gasteiger partial charge >= 0.3 is 0 Å². The molecule has 1 saturated heterocycles. The second kappa shape index (κ2) is 8.22. The topological polar surface area (TPSA) is 93.1 Å². The highest BCUT2D eigenvalue weighted by molar-refractivity contribution is 5.97. The van der Waals surface area contributed by atoms with Crippen LogP contribution in [0.15, 0.2) is 49.1 Å². The molecule has 0 aromatic carbocycles. The lowest BCUT2D eigenvalue weighted by Gasteiger charge is -2.18. The average Bonchev–Trinajstić information content (AvgIpc) is 3.23. The predicted octanol–water partition coefficient (Wildman–Crippen LogP) is 2.26. The van der Waals surface area contributed by atoms with Gasteiger partial charge in [0.15, 0.2) is 0 Å². The van der Waals surface area contributed by atoms with Crippen molar-refractivity contribution in [3.05, 3.63) is 60.3 Å². The summed E-state index contributed by atoms with van der Waals surface area (Å²) in [6, 6.07) is 7.46. The molecule has 148 valence electrons. The largest absolute Gasteiger partial charge is 0.494 e. The van der Waals surface area contributed by atoms with Gasteiger partial charge in [0, 0.05) is 49.0 Å². The van der Waals surface area contributed by atoms with Crippen LogP contribution in [0.2, 0.25) is 0 Å². The van der Waals surface area contributed by atoms with Crippen molar-refractivity contribution in [1.82, 2.24) is 25.3 Å². The van der Waals surface area contributed by atoms with Crippen molar-refractivity contribution in [2.75, 3.05) is 25.1 Å². The lowest BCUT2D eigenvalue weighted by Crippen LogP contribution is -2.37. The Hall–Kier alpha value is -3.55. The van der Waals surface area contributed by atoms with E-state index in [0.29, 0.717) is 23.8 Å². The normalized spacial score (nSPS) is 15.9. The molecule has 8 nitrogen and oxygen atoms in total. The van der Waals surface area contributed by atoms with Crippen LogP contribution in [0.5, 0.6) is 5.75 Å². The van der Waals surface area contributed by atoms with Crippen LogP contribution in [0.1, 0.15) is 22.5 Å². The lowest BCUT2D eigenvalue weighted by molar-refractivity contribution is 0.0937. The van der Waals surface area contributed by atoms with Crippen LogP contribution in [0, 0.1) is 6.92 Å². The van der Waals surface area contributed by atoms with Crippen molar-refractivity contribution < 1.29 is 9.53 Å². The number of ether oxygens (including phenoxy) is 1. The fourth-order valence-corrected chi connectivity index (χ4v) is 3.39. The molecule has 8 heteroatoms. The zero-order valence-corrected chi connectivity index (χ0v) is 16.4. The van der Waals surface area contributed by atoms with Crippen LogP contribution in [0.3, 0.4) is 0 Å². The second-order valence-electron chi connectivity index (χ2n) is 6.91. The minimum Gasteiger partial charge on any atom is -0.494 e. The molecule has 1 fully saturated rings. The first kappa shape index (κ1) is 18.8. The molecular weight excluding hydrogens is 368 g/mol. The third kappa shape index (κ3) is 4.16. The van der Waals surface area contributed by atoms with E-state index in [-0.39, 0.29) is 11.9 Å². The Balaban J connectivity index is 1.45. The zero-order valence-electron chi connectivity index (χ0n) is 16.4. The van der Waals surface area contributed by atoms with Gasteiger partial charge in [-0.15, -0.1) is 0 Å². The summed E-state index contributed by atoms with van der Waals surface area (Å²) in [5.74, 6) is 0.958. The summed E-state index contributed by atoms with van der Waals surface area (Å²) >= 11 is 0. The number of methoxy groups -OCH3 is 1. The second-order valence-corrected chi connectivity index (χ2v) is 6.91. The maximum absolute atomic E-state index is 12.7. The molecule has 1 aliphatic heterocycles. The standard InChI is InChI=1S/C21H22N6O2/c1-14-10-17(19(29-2)12-24-14)20(28)25-16-6-9-27(13-16)21-23-8-5-18(26-21)15-4-3-7-22-11-15/h3-5,7-8,10-12,16H,6,9,13H2,1-2H3,(H,25,28). The van der Waals surface area contributed by atoms with Crippen LogP contribution in [-0.2, 0) is 0 Å². The molecule has 0 radical (unpaired) electrons. The Labute approximate surface area is 169 Å². The Kier molecular flexibility index (Phi) is 5.33. The lowest BCUT2D eigenvalue weighted by atomic mass is 10.1. The van der Waals surface area contributed by atoms with Crippen LogP contribution in [0.25, 0.3) is 11.3 Å². The van der Waals surface area contributed by atoms with E-state index < -0.39 is 0 Å². The zero-order chi connectivity index (χ0) is 20.2. The van der Waals surface area contributed by atoms with Crippen LogP contribution >= 0.6 is 0 Å². The number of nitrogens with one attached hydrogen (secondary N) is 1. The highest BCUT2D eigenvalue weighted by Gasteiger charge is 2.27. The molecule has 0 bridgehead atoms. The number of amides is 1. The molecule has 1 amide bonds. The van der Waals surface area contributed by atoms with Gasteiger partial charge in [0.1, 0.15) is 5.75 Å². The van der Waals surface area contributed by atoms with Gasteiger partial charge in [0.05, 0.1) is 24.6 Å². The minimum atomic E-state index is -0.163. The molecule has 1 N–H and O–H groups in total. The quantitative estimate of drug-likeness (QED) is 0.714. The van der Waals surface area contributed by atoms with Crippen LogP contribution in [-0.4, -0.2) is 52.1 Å². The fourth-order valence-electron chi connectivity index (χ4n) is 3.39. The summed E-state index contributed by atoms with van der Waals surface area (Å²) in [7, 11) is 1.53. The van der Waals surface area contributed by atoms with Crippen molar-refractivity contribution in [2.45, 2.75) is 19.4 Å². The van der Waals surface area contributed by atoms with Gasteiger partial charge in [-0.05, 0) is 37.6 Å². The van der Waals surface area contributed by atoms with Gasteiger partial charge in [0.2, 0.25) is 5.95 Å². The van der Waals surface area contributed by atoms with E-state index in [1.54, 1.807) is 30.9 Å². The van der Waals surface area contributed by atoms with Crippen molar-refractivity contribution in [3.63, 3.8) is 0 Å². The molecule has 0 spiro atoms. The number of anilines is 1. The molecule has 1 atom stereocenters. The number of aryl methyl sites for hydroxylation is 1. The van der Waals surface area contributed by atoms with E-state index >= 15 is 0 Å². The van der Waals surface area contributed by atoms with Crippen molar-refractivity contribution in [2.24, 2.45) is 0 Å². The summed E-state index contributed by atoms with van der Waals surface area (Å²) in [5, 5.41) is 3.09. The first-order valence-electron chi connectivity index (χ1n) is 9.44. The van der Waals surface area contributed by atoms with Crippen molar-refractivity contribution in [3.8, 4) is 17.0 Å². The van der Waals surface area contributed by atoms with Crippen molar-refractivity contribution in [1.29, 1.82) is 0 Å². The SMILES string of the molecule is COc1cnc(C)cc1C(=O)NC1CCN(c2nccc(-c3cccnc3)n2)C1. The van der Waals surface area contributed by atoms with E-state index in [9.17, 15) is 4.79 Å². The predicted molar refractivity (Wildman–Crippen MR) is 109 cm³/mol. The van der Waals surface area contributed by atoms with Gasteiger partial charge in [-0.3, -0.25) is 14.8 Å². The molecular formula is C21H22N6O2. The number of pyridine rings is 2. The highest BCUT2D eigenvalue weighted by atomic mass is 16.5. The smallest absolute Gasteiger partial charge is 0.255 e. The van der Waals surface area contributed by atoms with Crippen molar-refractivity contribution >= 4 is 11.9 Å². The molecule has 29 heavy (non-hydrogen) atoms. The summed E-state index contributed by atoms with van der Waals surface area (Å²) in [4.78, 5) is 32.2. The minimum absolute atomic E-state index is 0.00586. The molecule has 0 aliphatic carbocycles. The molecule has 4 rings (SSSR count). The van der Waals surface area contributed by atoms with E-state index in [1.165, 1.54) is 7.11 Å². The fraction of sp³-hybridized carbons (Fsp3) is 0.286. The number of carbonyl (C=O) groups excluding carboxylic acids is 1. The number of hydrogen-bond donors (Lipinski definition) is 1. The molecule has 3 aromatic rings. The van der Waals surface area contributed by atoms with Gasteiger partial charge in [-0.25, -0.2) is 9.97 Å². The third-order valence-corrected chi connectivity index (χ3v) is 4.88. The molecule has 0 saturated carbocycles. The van der Waals surface area contributed by atoms with E-state index in [2.05, 4.69) is 30.2 Å². The van der Waals surface area contributed by atoms with Crippen LogP contribution < -0.4 is 15.0 Å².